The quantitative estimate of drug-likeness (QED) is 0.615. The molecule has 1 unspecified atom stereocenters. The predicted octanol–water partition coefficient (Wildman–Crippen LogP) is -0.109. The van der Waals surface area contributed by atoms with E-state index in [0.717, 1.165) is 0 Å². The highest BCUT2D eigenvalue weighted by Crippen LogP contribution is 1.85. The van der Waals surface area contributed by atoms with E-state index in [-0.39, 0.29) is 11.5 Å². The molecule has 0 spiro atoms. The minimum atomic E-state index is -1.01. The summed E-state index contributed by atoms with van der Waals surface area (Å²) in [5.74, 6) is 0.664. The summed E-state index contributed by atoms with van der Waals surface area (Å²) >= 11 is 0. The van der Waals surface area contributed by atoms with Gasteiger partial charge in [-0.25, -0.2) is 0 Å². The first-order valence-electron chi connectivity index (χ1n) is 3.22. The van der Waals surface area contributed by atoms with Crippen molar-refractivity contribution >= 4 is 16.6 Å². The zero-order valence-electron chi connectivity index (χ0n) is 6.35. The van der Waals surface area contributed by atoms with E-state index in [9.17, 15) is 9.00 Å². The number of hydrogen-bond donors (Lipinski definition) is 1. The van der Waals surface area contributed by atoms with Crippen LogP contribution in [0.5, 0.6) is 0 Å². The highest BCUT2D eigenvalue weighted by Gasteiger charge is 2.03. The Kier molecular flexibility index (Phi) is 5.43. The second kappa shape index (κ2) is 5.56. The minimum Gasteiger partial charge on any atom is -0.309 e. The van der Waals surface area contributed by atoms with Crippen molar-refractivity contribution in [1.82, 2.24) is 5.32 Å². The molecular weight excluding hydrogens is 150 g/mol. The van der Waals surface area contributed by atoms with Gasteiger partial charge in [0.25, 0.3) is 0 Å². The number of ketones is 1. The normalized spacial score (nSPS) is 13.0. The molecule has 0 bridgehead atoms. The van der Waals surface area contributed by atoms with Crippen LogP contribution in [-0.2, 0) is 15.6 Å². The molecule has 4 heteroatoms. The number of carbonyl (C=O) groups is 1. The van der Waals surface area contributed by atoms with Crippen molar-refractivity contribution < 1.29 is 9.00 Å². The lowest BCUT2D eigenvalue weighted by Gasteiger charge is -1.97. The van der Waals surface area contributed by atoms with Crippen molar-refractivity contribution in [3.05, 3.63) is 0 Å². The molecule has 0 rings (SSSR count). The Morgan fingerprint density at radius 3 is 2.60 bits per heavy atom. The van der Waals surface area contributed by atoms with Gasteiger partial charge in [0.2, 0.25) is 0 Å². The summed E-state index contributed by atoms with van der Waals surface area (Å²) in [5.41, 5.74) is 0. The summed E-state index contributed by atoms with van der Waals surface area (Å²) in [5, 5.41) is 2.74. The Morgan fingerprint density at radius 2 is 2.20 bits per heavy atom. The molecule has 0 fully saturated rings. The van der Waals surface area contributed by atoms with E-state index in [0.29, 0.717) is 12.3 Å². The molecule has 1 atom stereocenters. The van der Waals surface area contributed by atoms with Gasteiger partial charge in [-0.05, 0) is 7.05 Å². The smallest absolute Gasteiger partial charge is 0.145 e. The monoisotopic (exact) mass is 163 g/mol. The van der Waals surface area contributed by atoms with Gasteiger partial charge in [-0.1, -0.05) is 6.92 Å². The molecule has 0 saturated heterocycles. The largest absolute Gasteiger partial charge is 0.309 e. The fourth-order valence-electron chi connectivity index (χ4n) is 0.494. The zero-order chi connectivity index (χ0) is 7.98. The lowest BCUT2D eigenvalue weighted by atomic mass is 10.4. The molecule has 0 aromatic rings. The fraction of sp³-hybridized carbons (Fsp3) is 0.833. The van der Waals surface area contributed by atoms with E-state index in [2.05, 4.69) is 5.32 Å². The summed E-state index contributed by atoms with van der Waals surface area (Å²) in [7, 11) is 0.706. The van der Waals surface area contributed by atoms with Gasteiger partial charge >= 0.3 is 0 Å². The lowest BCUT2D eigenvalue weighted by molar-refractivity contribution is -0.116. The Morgan fingerprint density at radius 1 is 1.60 bits per heavy atom. The van der Waals surface area contributed by atoms with Crippen molar-refractivity contribution in [2.75, 3.05) is 18.7 Å². The van der Waals surface area contributed by atoms with Gasteiger partial charge in [-0.3, -0.25) is 9.00 Å². The number of nitrogens with one attached hydrogen (secondary N) is 1. The number of rotatable bonds is 5. The van der Waals surface area contributed by atoms with E-state index in [1.807, 2.05) is 0 Å². The zero-order valence-corrected chi connectivity index (χ0v) is 7.16. The van der Waals surface area contributed by atoms with E-state index in [1.54, 1.807) is 14.0 Å². The van der Waals surface area contributed by atoms with Crippen LogP contribution >= 0.6 is 0 Å². The third-order valence-corrected chi connectivity index (χ3v) is 2.28. The van der Waals surface area contributed by atoms with Gasteiger partial charge in [-0.15, -0.1) is 0 Å². The second-order valence-corrected chi connectivity index (χ2v) is 3.43. The minimum absolute atomic E-state index is 0.0635. The molecule has 0 amide bonds. The van der Waals surface area contributed by atoms with Crippen molar-refractivity contribution in [2.24, 2.45) is 0 Å². The van der Waals surface area contributed by atoms with Crippen LogP contribution < -0.4 is 5.32 Å². The second-order valence-electron chi connectivity index (χ2n) is 1.97. The summed E-state index contributed by atoms with van der Waals surface area (Å²) < 4.78 is 10.8. The molecule has 0 aromatic carbocycles. The molecule has 60 valence electrons. The van der Waals surface area contributed by atoms with Crippen LogP contribution in [0.25, 0.3) is 0 Å². The summed E-state index contributed by atoms with van der Waals surface area (Å²) in [6, 6.07) is 0. The molecule has 0 heterocycles. The van der Waals surface area contributed by atoms with Gasteiger partial charge in [-0.2, -0.15) is 0 Å². The molecule has 0 radical (unpaired) electrons. The SMILES string of the molecule is CCC(=O)CS(=O)CNC. The highest BCUT2D eigenvalue weighted by atomic mass is 32.2. The predicted molar refractivity (Wildman–Crippen MR) is 42.2 cm³/mol. The molecule has 0 saturated carbocycles. The molecule has 0 aliphatic rings. The third kappa shape index (κ3) is 4.64. The topological polar surface area (TPSA) is 46.2 Å². The van der Waals surface area contributed by atoms with Gasteiger partial charge < -0.3 is 5.32 Å². The Hall–Kier alpha value is -0.220. The molecular formula is C6H13NO2S. The van der Waals surface area contributed by atoms with Gasteiger partial charge in [0.15, 0.2) is 0 Å². The van der Waals surface area contributed by atoms with Crippen LogP contribution in [0.1, 0.15) is 13.3 Å². The maximum absolute atomic E-state index is 10.8. The first-order chi connectivity index (χ1) is 4.70. The maximum Gasteiger partial charge on any atom is 0.145 e. The number of carbonyl (C=O) groups excluding carboxylic acids is 1. The average Bonchev–Trinajstić information content (AvgIpc) is 1.88. The number of hydrogen-bond acceptors (Lipinski definition) is 3. The molecule has 1 N–H and O–H groups in total. The van der Waals surface area contributed by atoms with Gasteiger partial charge in [0, 0.05) is 17.2 Å². The van der Waals surface area contributed by atoms with Crippen molar-refractivity contribution in [3.8, 4) is 0 Å². The molecule has 0 aliphatic heterocycles. The summed E-state index contributed by atoms with van der Waals surface area (Å²) in [6.45, 7) is 1.78. The number of Topliss-reactive ketones (excluding diaryl/α,β-unsaturated/α-hetero) is 1. The average molecular weight is 163 g/mol. The first-order valence-corrected chi connectivity index (χ1v) is 4.70. The van der Waals surface area contributed by atoms with Gasteiger partial charge in [0.1, 0.15) is 5.78 Å². The third-order valence-electron chi connectivity index (χ3n) is 1.02. The van der Waals surface area contributed by atoms with Crippen LogP contribution in [0.4, 0.5) is 0 Å². The molecule has 0 aromatic heterocycles. The first kappa shape index (κ1) is 9.78. The molecule has 3 nitrogen and oxygen atoms in total. The summed E-state index contributed by atoms with van der Waals surface area (Å²) in [6.07, 6.45) is 0.482. The van der Waals surface area contributed by atoms with Crippen LogP contribution in [0, 0.1) is 0 Å². The van der Waals surface area contributed by atoms with Crippen LogP contribution in [0.3, 0.4) is 0 Å². The molecule has 0 aliphatic carbocycles. The Labute approximate surface area is 63.6 Å². The molecule has 10 heavy (non-hydrogen) atoms. The Bertz CT molecular complexity index is 136. The summed E-state index contributed by atoms with van der Waals surface area (Å²) in [4.78, 5) is 10.7. The van der Waals surface area contributed by atoms with Crippen LogP contribution in [0.15, 0.2) is 0 Å². The van der Waals surface area contributed by atoms with E-state index in [1.165, 1.54) is 0 Å². The highest BCUT2D eigenvalue weighted by molar-refractivity contribution is 7.85. The van der Waals surface area contributed by atoms with Crippen LogP contribution in [-0.4, -0.2) is 28.7 Å². The fourth-order valence-corrected chi connectivity index (χ4v) is 1.48. The van der Waals surface area contributed by atoms with Crippen molar-refractivity contribution in [1.29, 1.82) is 0 Å². The van der Waals surface area contributed by atoms with E-state index < -0.39 is 10.8 Å². The standard InChI is InChI=1S/C6H13NO2S/c1-3-6(8)4-10(9)5-7-2/h7H,3-5H2,1-2H3. The maximum atomic E-state index is 10.8. The Balaban J connectivity index is 3.47. The van der Waals surface area contributed by atoms with E-state index in [4.69, 9.17) is 0 Å². The van der Waals surface area contributed by atoms with Gasteiger partial charge in [0.05, 0.1) is 11.6 Å². The van der Waals surface area contributed by atoms with Crippen LogP contribution in [0.2, 0.25) is 0 Å². The van der Waals surface area contributed by atoms with Crippen molar-refractivity contribution in [3.63, 3.8) is 0 Å². The van der Waals surface area contributed by atoms with Crippen molar-refractivity contribution in [2.45, 2.75) is 13.3 Å². The van der Waals surface area contributed by atoms with E-state index >= 15 is 0 Å². The lowest BCUT2D eigenvalue weighted by Crippen LogP contribution is -2.19.